The lowest BCUT2D eigenvalue weighted by molar-refractivity contribution is 0.238. The Morgan fingerprint density at radius 2 is 2.46 bits per heavy atom. The maximum atomic E-state index is 8.94. The lowest BCUT2D eigenvalue weighted by atomic mass is 10.2. The highest BCUT2D eigenvalue weighted by Gasteiger charge is 2.04. The van der Waals surface area contributed by atoms with Crippen molar-refractivity contribution in [2.45, 2.75) is 25.9 Å². The molecule has 0 fully saturated rings. The maximum Gasteiger partial charge on any atom is 0.0584 e. The highest BCUT2D eigenvalue weighted by Crippen LogP contribution is 2.19. The summed E-state index contributed by atoms with van der Waals surface area (Å²) < 4.78 is 1.13. The van der Waals surface area contributed by atoms with Crippen LogP contribution in [0.4, 0.5) is 0 Å². The Hall–Kier alpha value is 0.1000. The van der Waals surface area contributed by atoms with Gasteiger partial charge in [0.25, 0.3) is 0 Å². The Kier molecular flexibility index (Phi) is 4.94. The van der Waals surface area contributed by atoms with E-state index in [0.717, 1.165) is 17.4 Å². The first kappa shape index (κ1) is 11.2. The van der Waals surface area contributed by atoms with Crippen molar-refractivity contribution < 1.29 is 5.11 Å². The fourth-order valence-corrected chi connectivity index (χ4v) is 2.43. The first-order chi connectivity index (χ1) is 6.26. The van der Waals surface area contributed by atoms with E-state index >= 15 is 0 Å². The molecule has 1 atom stereocenters. The van der Waals surface area contributed by atoms with Gasteiger partial charge >= 0.3 is 0 Å². The van der Waals surface area contributed by atoms with E-state index < -0.39 is 0 Å². The van der Waals surface area contributed by atoms with E-state index in [1.54, 1.807) is 11.3 Å². The van der Waals surface area contributed by atoms with Crippen LogP contribution in [0.3, 0.4) is 0 Å². The zero-order valence-corrected chi connectivity index (χ0v) is 9.99. The van der Waals surface area contributed by atoms with Gasteiger partial charge in [-0.15, -0.1) is 11.3 Å². The molecular formula is C9H14BrNOS. The topological polar surface area (TPSA) is 32.3 Å². The van der Waals surface area contributed by atoms with Crippen LogP contribution >= 0.6 is 27.3 Å². The summed E-state index contributed by atoms with van der Waals surface area (Å²) in [6.45, 7) is 3.12. The molecule has 0 aliphatic heterocycles. The normalized spacial score (nSPS) is 13.2. The Labute approximate surface area is 91.1 Å². The molecule has 1 heterocycles. The van der Waals surface area contributed by atoms with E-state index in [-0.39, 0.29) is 12.6 Å². The van der Waals surface area contributed by atoms with Gasteiger partial charge in [-0.05, 0) is 28.4 Å². The van der Waals surface area contributed by atoms with Crippen molar-refractivity contribution in [1.82, 2.24) is 5.32 Å². The molecule has 2 nitrogen and oxygen atoms in total. The van der Waals surface area contributed by atoms with Crippen LogP contribution in [0, 0.1) is 0 Å². The van der Waals surface area contributed by atoms with Gasteiger partial charge in [-0.1, -0.05) is 6.92 Å². The van der Waals surface area contributed by atoms with Gasteiger partial charge in [-0.3, -0.25) is 0 Å². The van der Waals surface area contributed by atoms with Gasteiger partial charge in [0.1, 0.15) is 0 Å². The molecule has 0 aromatic carbocycles. The van der Waals surface area contributed by atoms with Crippen LogP contribution in [0.15, 0.2) is 15.9 Å². The largest absolute Gasteiger partial charge is 0.395 e. The molecule has 74 valence electrons. The number of halogens is 1. The molecule has 0 aliphatic rings. The molecule has 0 saturated heterocycles. The summed E-state index contributed by atoms with van der Waals surface area (Å²) in [4.78, 5) is 1.29. The molecule has 1 aromatic rings. The summed E-state index contributed by atoms with van der Waals surface area (Å²) in [5.74, 6) is 0. The van der Waals surface area contributed by atoms with Crippen LogP contribution < -0.4 is 5.32 Å². The third kappa shape index (κ3) is 3.77. The molecular weight excluding hydrogens is 250 g/mol. The number of aliphatic hydroxyl groups is 1. The summed E-state index contributed by atoms with van der Waals surface area (Å²) in [6, 6.07) is 2.32. The van der Waals surface area contributed by atoms with E-state index in [1.165, 1.54) is 4.88 Å². The second-order valence-electron chi connectivity index (χ2n) is 2.90. The van der Waals surface area contributed by atoms with Crippen LogP contribution in [0.1, 0.15) is 18.2 Å². The average Bonchev–Trinajstić information content (AvgIpc) is 2.53. The number of aliphatic hydroxyl groups excluding tert-OH is 1. The summed E-state index contributed by atoms with van der Waals surface area (Å²) in [5, 5.41) is 14.3. The lowest BCUT2D eigenvalue weighted by Crippen LogP contribution is -2.30. The number of hydrogen-bond donors (Lipinski definition) is 2. The Morgan fingerprint density at radius 1 is 1.69 bits per heavy atom. The molecule has 0 amide bonds. The third-order valence-electron chi connectivity index (χ3n) is 1.90. The summed E-state index contributed by atoms with van der Waals surface area (Å²) >= 11 is 5.13. The van der Waals surface area contributed by atoms with Gasteiger partial charge in [0, 0.05) is 27.3 Å². The van der Waals surface area contributed by atoms with Crippen molar-refractivity contribution >= 4 is 27.3 Å². The van der Waals surface area contributed by atoms with Crippen molar-refractivity contribution in [1.29, 1.82) is 0 Å². The van der Waals surface area contributed by atoms with E-state index in [0.29, 0.717) is 0 Å². The fraction of sp³-hybridized carbons (Fsp3) is 0.556. The van der Waals surface area contributed by atoms with Gasteiger partial charge in [0.2, 0.25) is 0 Å². The molecule has 0 aliphatic carbocycles. The Morgan fingerprint density at radius 3 is 2.92 bits per heavy atom. The van der Waals surface area contributed by atoms with Gasteiger partial charge < -0.3 is 10.4 Å². The first-order valence-corrected chi connectivity index (χ1v) is 6.00. The number of nitrogens with one attached hydrogen (secondary N) is 1. The zero-order chi connectivity index (χ0) is 9.68. The molecule has 1 aromatic heterocycles. The Balaban J connectivity index is 2.33. The van der Waals surface area contributed by atoms with Crippen LogP contribution in [-0.4, -0.2) is 17.8 Å². The smallest absolute Gasteiger partial charge is 0.0584 e. The maximum absolute atomic E-state index is 8.94. The second kappa shape index (κ2) is 5.75. The van der Waals surface area contributed by atoms with Gasteiger partial charge in [-0.2, -0.15) is 0 Å². The number of rotatable bonds is 5. The molecule has 1 rings (SSSR count). The molecule has 4 heteroatoms. The summed E-state index contributed by atoms with van der Waals surface area (Å²) in [7, 11) is 0. The molecule has 1 unspecified atom stereocenters. The summed E-state index contributed by atoms with van der Waals surface area (Å²) in [6.07, 6.45) is 0.961. The van der Waals surface area contributed by atoms with Gasteiger partial charge in [-0.25, -0.2) is 0 Å². The minimum atomic E-state index is 0.211. The summed E-state index contributed by atoms with van der Waals surface area (Å²) in [5.41, 5.74) is 0. The lowest BCUT2D eigenvalue weighted by Gasteiger charge is -2.12. The van der Waals surface area contributed by atoms with Crippen molar-refractivity contribution in [2.75, 3.05) is 6.61 Å². The van der Waals surface area contributed by atoms with E-state index in [1.807, 2.05) is 0 Å². The minimum absolute atomic E-state index is 0.211. The third-order valence-corrected chi connectivity index (χ3v) is 3.60. The van der Waals surface area contributed by atoms with Crippen LogP contribution in [0.2, 0.25) is 0 Å². The predicted molar refractivity (Wildman–Crippen MR) is 60.0 cm³/mol. The molecule has 0 bridgehead atoms. The standard InChI is InChI=1S/C9H14BrNOS/c1-2-8(5-12)11-4-9-3-7(10)6-13-9/h3,6,8,11-12H,2,4-5H2,1H3. The van der Waals surface area contributed by atoms with E-state index in [2.05, 4.69) is 39.6 Å². The molecule has 0 spiro atoms. The van der Waals surface area contributed by atoms with Crippen molar-refractivity contribution in [3.63, 3.8) is 0 Å². The molecule has 0 radical (unpaired) electrons. The van der Waals surface area contributed by atoms with Crippen LogP contribution in [0.25, 0.3) is 0 Å². The quantitative estimate of drug-likeness (QED) is 0.855. The van der Waals surface area contributed by atoms with Crippen molar-refractivity contribution in [2.24, 2.45) is 0 Å². The Bertz CT molecular complexity index is 248. The van der Waals surface area contributed by atoms with Gasteiger partial charge in [0.05, 0.1) is 6.61 Å². The average molecular weight is 264 g/mol. The minimum Gasteiger partial charge on any atom is -0.395 e. The predicted octanol–water partition coefficient (Wildman–Crippen LogP) is 2.37. The second-order valence-corrected chi connectivity index (χ2v) is 4.81. The van der Waals surface area contributed by atoms with Gasteiger partial charge in [0.15, 0.2) is 0 Å². The molecule has 2 N–H and O–H groups in total. The van der Waals surface area contributed by atoms with E-state index in [4.69, 9.17) is 5.11 Å². The van der Waals surface area contributed by atoms with Crippen molar-refractivity contribution in [3.05, 3.63) is 20.8 Å². The van der Waals surface area contributed by atoms with Crippen LogP contribution in [-0.2, 0) is 6.54 Å². The monoisotopic (exact) mass is 263 g/mol. The zero-order valence-electron chi connectivity index (χ0n) is 7.59. The van der Waals surface area contributed by atoms with Crippen molar-refractivity contribution in [3.8, 4) is 0 Å². The van der Waals surface area contributed by atoms with E-state index in [9.17, 15) is 0 Å². The highest BCUT2D eigenvalue weighted by atomic mass is 79.9. The fourth-order valence-electron chi connectivity index (χ4n) is 1.03. The molecule has 13 heavy (non-hydrogen) atoms. The molecule has 0 saturated carbocycles. The SMILES string of the molecule is CCC(CO)NCc1cc(Br)cs1. The number of thiophene rings is 1. The highest BCUT2D eigenvalue weighted by molar-refractivity contribution is 9.10. The first-order valence-electron chi connectivity index (χ1n) is 4.33. The number of hydrogen-bond acceptors (Lipinski definition) is 3. The van der Waals surface area contributed by atoms with Crippen LogP contribution in [0.5, 0.6) is 0 Å².